The largest absolute Gasteiger partial charge is 0.491 e. The summed E-state index contributed by atoms with van der Waals surface area (Å²) in [5.41, 5.74) is 1.19. The first kappa shape index (κ1) is 19.7. The summed E-state index contributed by atoms with van der Waals surface area (Å²) in [6.45, 7) is 6.44. The Hall–Kier alpha value is -1.65. The normalized spacial score (nSPS) is 13.1. The van der Waals surface area contributed by atoms with Gasteiger partial charge in [0.25, 0.3) is 0 Å². The molecule has 134 valence electrons. The molecule has 2 atom stereocenters. The zero-order valence-electron chi connectivity index (χ0n) is 14.8. The predicted octanol–water partition coefficient (Wildman–Crippen LogP) is 5.10. The van der Waals surface area contributed by atoms with Gasteiger partial charge in [0.1, 0.15) is 12.4 Å². The maximum Gasteiger partial charge on any atom is 0.233 e. The molecule has 0 aliphatic carbocycles. The lowest BCUT2D eigenvalue weighted by Crippen LogP contribution is -2.41. The monoisotopic (exact) mass is 377 g/mol. The van der Waals surface area contributed by atoms with Crippen LogP contribution in [0, 0.1) is 6.92 Å². The van der Waals surface area contributed by atoms with E-state index in [2.05, 4.69) is 5.32 Å². The van der Waals surface area contributed by atoms with Crippen molar-refractivity contribution < 1.29 is 9.53 Å². The molecule has 2 aromatic rings. The molecule has 0 radical (unpaired) electrons. The van der Waals surface area contributed by atoms with Crippen molar-refractivity contribution in [1.82, 2.24) is 5.32 Å². The van der Waals surface area contributed by atoms with E-state index in [0.717, 1.165) is 17.1 Å². The van der Waals surface area contributed by atoms with E-state index in [9.17, 15) is 4.79 Å². The molecular formula is C20H24ClNO2S. The number of benzene rings is 2. The molecule has 1 N–H and O–H groups in total. The minimum atomic E-state index is -0.136. The van der Waals surface area contributed by atoms with Crippen LogP contribution in [0.5, 0.6) is 5.75 Å². The number of aryl methyl sites for hydroxylation is 1. The molecule has 0 saturated heterocycles. The van der Waals surface area contributed by atoms with E-state index < -0.39 is 0 Å². The number of amides is 1. The molecule has 0 bridgehead atoms. The Morgan fingerprint density at radius 1 is 1.16 bits per heavy atom. The van der Waals surface area contributed by atoms with Gasteiger partial charge in [-0.15, -0.1) is 11.8 Å². The number of hydrogen-bond acceptors (Lipinski definition) is 3. The van der Waals surface area contributed by atoms with Gasteiger partial charge in [0.2, 0.25) is 5.91 Å². The summed E-state index contributed by atoms with van der Waals surface area (Å²) < 4.78 is 5.73. The fraction of sp³-hybridized carbons (Fsp3) is 0.350. The third kappa shape index (κ3) is 6.63. The van der Waals surface area contributed by atoms with Crippen LogP contribution in [0.15, 0.2) is 53.4 Å². The number of halogens is 1. The van der Waals surface area contributed by atoms with E-state index in [1.165, 1.54) is 5.56 Å². The summed E-state index contributed by atoms with van der Waals surface area (Å²) in [5.74, 6) is 0.844. The lowest BCUT2D eigenvalue weighted by atomic mass is 10.2. The number of carbonyl (C=O) groups is 1. The van der Waals surface area contributed by atoms with E-state index in [4.69, 9.17) is 16.3 Å². The van der Waals surface area contributed by atoms with Crippen LogP contribution in [0.2, 0.25) is 5.02 Å². The maximum absolute atomic E-state index is 12.5. The fourth-order valence-electron chi connectivity index (χ4n) is 2.23. The molecule has 0 saturated carbocycles. The van der Waals surface area contributed by atoms with Gasteiger partial charge in [0, 0.05) is 9.92 Å². The van der Waals surface area contributed by atoms with Gasteiger partial charge in [-0.1, -0.05) is 36.2 Å². The molecular weight excluding hydrogens is 354 g/mol. The first-order valence-corrected chi connectivity index (χ1v) is 9.65. The molecule has 2 aromatic carbocycles. The Labute approximate surface area is 159 Å². The quantitative estimate of drug-likeness (QED) is 0.650. The lowest BCUT2D eigenvalue weighted by molar-refractivity contribution is -0.121. The van der Waals surface area contributed by atoms with E-state index in [0.29, 0.717) is 11.6 Å². The Balaban J connectivity index is 1.83. The maximum atomic E-state index is 12.5. The van der Waals surface area contributed by atoms with Gasteiger partial charge in [-0.2, -0.15) is 0 Å². The molecule has 0 unspecified atom stereocenters. The highest BCUT2D eigenvalue weighted by molar-refractivity contribution is 8.00. The minimum Gasteiger partial charge on any atom is -0.491 e. The first-order chi connectivity index (χ1) is 12.0. The molecule has 0 heterocycles. The van der Waals surface area contributed by atoms with E-state index in [-0.39, 0.29) is 17.2 Å². The zero-order chi connectivity index (χ0) is 18.2. The van der Waals surface area contributed by atoms with Crippen LogP contribution in [0.3, 0.4) is 0 Å². The molecule has 3 nitrogen and oxygen atoms in total. The summed E-state index contributed by atoms with van der Waals surface area (Å²) >= 11 is 7.46. The summed E-state index contributed by atoms with van der Waals surface area (Å²) in [7, 11) is 0. The second kappa shape index (κ2) is 9.73. The van der Waals surface area contributed by atoms with Crippen LogP contribution in [0.4, 0.5) is 0 Å². The van der Waals surface area contributed by atoms with Gasteiger partial charge in [-0.25, -0.2) is 0 Å². The predicted molar refractivity (Wildman–Crippen MR) is 106 cm³/mol. The first-order valence-electron chi connectivity index (χ1n) is 8.40. The van der Waals surface area contributed by atoms with Crippen molar-refractivity contribution in [2.24, 2.45) is 0 Å². The van der Waals surface area contributed by atoms with Gasteiger partial charge in [-0.3, -0.25) is 4.79 Å². The number of thioether (sulfide) groups is 1. The van der Waals surface area contributed by atoms with Gasteiger partial charge in [-0.05, 0) is 56.7 Å². The van der Waals surface area contributed by atoms with Gasteiger partial charge in [0.05, 0.1) is 11.3 Å². The van der Waals surface area contributed by atoms with Crippen LogP contribution in [-0.2, 0) is 4.79 Å². The molecule has 5 heteroatoms. The average Bonchev–Trinajstić information content (AvgIpc) is 2.60. The third-order valence-corrected chi connectivity index (χ3v) is 5.29. The fourth-order valence-corrected chi connectivity index (χ4v) is 3.32. The van der Waals surface area contributed by atoms with Gasteiger partial charge < -0.3 is 10.1 Å². The van der Waals surface area contributed by atoms with Crippen LogP contribution in [0.25, 0.3) is 0 Å². The number of nitrogens with one attached hydrogen (secondary N) is 1. The Morgan fingerprint density at radius 3 is 2.40 bits per heavy atom. The van der Waals surface area contributed by atoms with Crippen LogP contribution in [-0.4, -0.2) is 23.8 Å². The van der Waals surface area contributed by atoms with Crippen molar-refractivity contribution in [3.8, 4) is 5.75 Å². The average molecular weight is 378 g/mol. The van der Waals surface area contributed by atoms with Crippen LogP contribution in [0.1, 0.15) is 25.8 Å². The van der Waals surface area contributed by atoms with Crippen molar-refractivity contribution in [3.05, 3.63) is 59.1 Å². The molecule has 25 heavy (non-hydrogen) atoms. The number of ether oxygens (including phenoxy) is 1. The summed E-state index contributed by atoms with van der Waals surface area (Å²) in [6, 6.07) is 15.4. The van der Waals surface area contributed by atoms with Gasteiger partial charge >= 0.3 is 0 Å². The number of carbonyl (C=O) groups excluding carboxylic acids is 1. The molecule has 0 fully saturated rings. The smallest absolute Gasteiger partial charge is 0.233 e. The van der Waals surface area contributed by atoms with Crippen LogP contribution < -0.4 is 10.1 Å². The van der Waals surface area contributed by atoms with Gasteiger partial charge in [0.15, 0.2) is 0 Å². The lowest BCUT2D eigenvalue weighted by Gasteiger charge is -2.19. The van der Waals surface area contributed by atoms with E-state index >= 15 is 0 Å². The highest BCUT2D eigenvalue weighted by Crippen LogP contribution is 2.26. The molecule has 1 amide bonds. The van der Waals surface area contributed by atoms with Crippen molar-refractivity contribution in [2.45, 2.75) is 43.4 Å². The van der Waals surface area contributed by atoms with Crippen LogP contribution >= 0.6 is 23.4 Å². The highest BCUT2D eigenvalue weighted by atomic mass is 35.5. The highest BCUT2D eigenvalue weighted by Gasteiger charge is 2.19. The van der Waals surface area contributed by atoms with E-state index in [1.54, 1.807) is 11.8 Å². The molecule has 2 rings (SSSR count). The summed E-state index contributed by atoms with van der Waals surface area (Å²) in [5, 5.41) is 3.60. The summed E-state index contributed by atoms with van der Waals surface area (Å²) in [6.07, 6.45) is 0.755. The molecule has 0 aliphatic rings. The van der Waals surface area contributed by atoms with Crippen molar-refractivity contribution >= 4 is 29.3 Å². The Bertz CT molecular complexity index is 673. The van der Waals surface area contributed by atoms with Crippen molar-refractivity contribution in [2.75, 3.05) is 6.61 Å². The molecule has 0 aromatic heterocycles. The number of rotatable bonds is 8. The standard InChI is InChI=1S/C20H24ClNO2S/c1-4-19(25-18-11-7-16(21)8-12-18)20(23)22-15(3)13-24-17-9-5-14(2)6-10-17/h5-12,15,19H,4,13H2,1-3H3,(H,22,23)/t15-,19-/m0/s1. The Morgan fingerprint density at radius 2 is 1.80 bits per heavy atom. The molecule has 0 spiro atoms. The zero-order valence-corrected chi connectivity index (χ0v) is 16.4. The minimum absolute atomic E-state index is 0.0301. The Kier molecular flexibility index (Phi) is 7.66. The SMILES string of the molecule is CC[C@H](Sc1ccc(Cl)cc1)C(=O)N[C@@H](C)COc1ccc(C)cc1. The second-order valence-corrected chi connectivity index (χ2v) is 7.71. The number of hydrogen-bond donors (Lipinski definition) is 1. The summed E-state index contributed by atoms with van der Waals surface area (Å²) in [4.78, 5) is 13.5. The molecule has 0 aliphatic heterocycles. The van der Waals surface area contributed by atoms with Crippen molar-refractivity contribution in [3.63, 3.8) is 0 Å². The second-order valence-electron chi connectivity index (χ2n) is 6.00. The third-order valence-electron chi connectivity index (χ3n) is 3.66. The van der Waals surface area contributed by atoms with E-state index in [1.807, 2.05) is 69.3 Å². The topological polar surface area (TPSA) is 38.3 Å². The van der Waals surface area contributed by atoms with Crippen molar-refractivity contribution in [1.29, 1.82) is 0 Å².